The molecule has 0 saturated carbocycles. The van der Waals surface area contributed by atoms with Gasteiger partial charge in [0.1, 0.15) is 11.7 Å². The van der Waals surface area contributed by atoms with E-state index in [1.807, 2.05) is 13.0 Å². The highest BCUT2D eigenvalue weighted by Crippen LogP contribution is 2.13. The van der Waals surface area contributed by atoms with Crippen LogP contribution < -0.4 is 5.32 Å². The van der Waals surface area contributed by atoms with Crippen molar-refractivity contribution in [3.63, 3.8) is 0 Å². The van der Waals surface area contributed by atoms with Crippen LogP contribution in [0.5, 0.6) is 0 Å². The molecule has 1 atom stereocenters. The Bertz CT molecular complexity index is 481. The lowest BCUT2D eigenvalue weighted by Gasteiger charge is -2.33. The summed E-state index contributed by atoms with van der Waals surface area (Å²) in [6.45, 7) is 3.24. The molecular weight excluding hydrogens is 234 g/mol. The molecule has 1 aromatic heterocycles. The largest absolute Gasteiger partial charge is 0.480 e. The SMILES string of the molecule is Cc1ccc(C(=O)N2CCNCC2C(=O)O)n1C. The van der Waals surface area contributed by atoms with Crippen LogP contribution in [0.1, 0.15) is 16.2 Å². The highest BCUT2D eigenvalue weighted by atomic mass is 16.4. The molecule has 2 heterocycles. The van der Waals surface area contributed by atoms with Crippen LogP contribution in [0.15, 0.2) is 12.1 Å². The number of hydrogen-bond donors (Lipinski definition) is 2. The van der Waals surface area contributed by atoms with Crippen LogP contribution in [-0.2, 0) is 11.8 Å². The summed E-state index contributed by atoms with van der Waals surface area (Å²) in [6.07, 6.45) is 0. The van der Waals surface area contributed by atoms with E-state index < -0.39 is 12.0 Å². The van der Waals surface area contributed by atoms with Gasteiger partial charge in [-0.3, -0.25) is 4.79 Å². The Morgan fingerprint density at radius 2 is 2.17 bits per heavy atom. The molecule has 0 aromatic carbocycles. The van der Waals surface area contributed by atoms with Gasteiger partial charge in [0.15, 0.2) is 0 Å². The molecule has 1 aliphatic rings. The normalized spacial score (nSPS) is 19.9. The van der Waals surface area contributed by atoms with Crippen LogP contribution in [0.25, 0.3) is 0 Å². The Hall–Kier alpha value is -1.82. The van der Waals surface area contributed by atoms with Gasteiger partial charge in [0.05, 0.1) is 0 Å². The number of carbonyl (C=O) groups is 2. The van der Waals surface area contributed by atoms with Gasteiger partial charge in [-0.25, -0.2) is 4.79 Å². The van der Waals surface area contributed by atoms with E-state index in [1.165, 1.54) is 4.90 Å². The van der Waals surface area contributed by atoms with Gasteiger partial charge in [-0.1, -0.05) is 0 Å². The van der Waals surface area contributed by atoms with E-state index in [2.05, 4.69) is 5.32 Å². The van der Waals surface area contributed by atoms with E-state index in [1.54, 1.807) is 17.7 Å². The van der Waals surface area contributed by atoms with Crippen molar-refractivity contribution in [2.75, 3.05) is 19.6 Å². The molecule has 1 saturated heterocycles. The minimum Gasteiger partial charge on any atom is -0.480 e. The van der Waals surface area contributed by atoms with Gasteiger partial charge in [-0.05, 0) is 19.1 Å². The molecule has 6 heteroatoms. The zero-order chi connectivity index (χ0) is 13.3. The summed E-state index contributed by atoms with van der Waals surface area (Å²) in [5.41, 5.74) is 1.50. The molecule has 1 amide bonds. The predicted molar refractivity (Wildman–Crippen MR) is 65.5 cm³/mol. The number of hydrogen-bond acceptors (Lipinski definition) is 3. The molecule has 0 radical (unpaired) electrons. The fourth-order valence-corrected chi connectivity index (χ4v) is 2.14. The number of aryl methyl sites for hydroxylation is 1. The molecule has 0 bridgehead atoms. The number of amides is 1. The number of carbonyl (C=O) groups excluding carboxylic acids is 1. The first kappa shape index (κ1) is 12.6. The minimum atomic E-state index is -0.971. The van der Waals surface area contributed by atoms with Crippen molar-refractivity contribution in [1.82, 2.24) is 14.8 Å². The quantitative estimate of drug-likeness (QED) is 0.765. The van der Waals surface area contributed by atoms with Crippen molar-refractivity contribution in [2.24, 2.45) is 7.05 Å². The number of piperazine rings is 1. The zero-order valence-electron chi connectivity index (χ0n) is 10.5. The van der Waals surface area contributed by atoms with Gasteiger partial charge in [0.25, 0.3) is 5.91 Å². The molecule has 1 fully saturated rings. The van der Waals surface area contributed by atoms with Crippen molar-refractivity contribution in [1.29, 1.82) is 0 Å². The molecule has 1 unspecified atom stereocenters. The van der Waals surface area contributed by atoms with E-state index >= 15 is 0 Å². The molecule has 0 aliphatic carbocycles. The van der Waals surface area contributed by atoms with E-state index in [0.29, 0.717) is 25.3 Å². The number of aromatic nitrogens is 1. The highest BCUT2D eigenvalue weighted by Gasteiger charge is 2.33. The first-order valence-corrected chi connectivity index (χ1v) is 5.89. The van der Waals surface area contributed by atoms with E-state index in [9.17, 15) is 9.59 Å². The molecule has 0 spiro atoms. The summed E-state index contributed by atoms with van der Waals surface area (Å²) in [5, 5.41) is 12.1. The maximum Gasteiger partial charge on any atom is 0.327 e. The second-order valence-corrected chi connectivity index (χ2v) is 4.48. The number of rotatable bonds is 2. The molecule has 18 heavy (non-hydrogen) atoms. The molecule has 2 rings (SSSR count). The van der Waals surface area contributed by atoms with Crippen LogP contribution in [0.2, 0.25) is 0 Å². The summed E-state index contributed by atoms with van der Waals surface area (Å²) >= 11 is 0. The lowest BCUT2D eigenvalue weighted by Crippen LogP contribution is -2.57. The summed E-state index contributed by atoms with van der Waals surface area (Å²) in [6, 6.07) is 2.80. The van der Waals surface area contributed by atoms with E-state index in [4.69, 9.17) is 5.11 Å². The van der Waals surface area contributed by atoms with Crippen LogP contribution in [0.4, 0.5) is 0 Å². The van der Waals surface area contributed by atoms with Gasteiger partial charge >= 0.3 is 5.97 Å². The summed E-state index contributed by atoms with van der Waals surface area (Å²) in [4.78, 5) is 24.9. The molecule has 2 N–H and O–H groups in total. The number of carboxylic acid groups (broad SMARTS) is 1. The van der Waals surface area contributed by atoms with Gasteiger partial charge in [-0.2, -0.15) is 0 Å². The first-order valence-electron chi connectivity index (χ1n) is 5.89. The van der Waals surface area contributed by atoms with Crippen molar-refractivity contribution < 1.29 is 14.7 Å². The Kier molecular flexibility index (Phi) is 3.38. The fourth-order valence-electron chi connectivity index (χ4n) is 2.14. The lowest BCUT2D eigenvalue weighted by molar-refractivity contribution is -0.142. The third-order valence-electron chi connectivity index (χ3n) is 3.38. The van der Waals surface area contributed by atoms with Gasteiger partial charge in [0, 0.05) is 32.4 Å². The highest BCUT2D eigenvalue weighted by molar-refractivity contribution is 5.95. The average Bonchev–Trinajstić information content (AvgIpc) is 2.69. The van der Waals surface area contributed by atoms with E-state index in [-0.39, 0.29) is 5.91 Å². The lowest BCUT2D eigenvalue weighted by atomic mass is 10.1. The van der Waals surface area contributed by atoms with Crippen LogP contribution in [0, 0.1) is 6.92 Å². The molecule has 1 aliphatic heterocycles. The van der Waals surface area contributed by atoms with Crippen molar-refractivity contribution >= 4 is 11.9 Å². The Morgan fingerprint density at radius 3 is 2.72 bits per heavy atom. The number of nitrogens with one attached hydrogen (secondary N) is 1. The number of nitrogens with zero attached hydrogens (tertiary/aromatic N) is 2. The van der Waals surface area contributed by atoms with Crippen LogP contribution >= 0.6 is 0 Å². The summed E-state index contributed by atoms with van der Waals surface area (Å²) in [5.74, 6) is -1.19. The Balaban J connectivity index is 2.26. The fraction of sp³-hybridized carbons (Fsp3) is 0.500. The van der Waals surface area contributed by atoms with Gasteiger partial charge in [0.2, 0.25) is 0 Å². The Morgan fingerprint density at radius 1 is 1.44 bits per heavy atom. The van der Waals surface area contributed by atoms with Crippen LogP contribution in [0.3, 0.4) is 0 Å². The Labute approximate surface area is 105 Å². The molecular formula is C12H17N3O3. The summed E-state index contributed by atoms with van der Waals surface area (Å²) in [7, 11) is 1.81. The smallest absolute Gasteiger partial charge is 0.327 e. The van der Waals surface area contributed by atoms with Crippen LogP contribution in [-0.4, -0.2) is 52.1 Å². The topological polar surface area (TPSA) is 74.6 Å². The maximum absolute atomic E-state index is 12.4. The monoisotopic (exact) mass is 251 g/mol. The predicted octanol–water partition coefficient (Wildman–Crippen LogP) is -0.168. The number of aliphatic carboxylic acids is 1. The van der Waals surface area contributed by atoms with Gasteiger partial charge < -0.3 is 19.9 Å². The van der Waals surface area contributed by atoms with Crippen molar-refractivity contribution in [3.8, 4) is 0 Å². The van der Waals surface area contributed by atoms with E-state index in [0.717, 1.165) is 5.69 Å². The summed E-state index contributed by atoms with van der Waals surface area (Å²) < 4.78 is 1.78. The van der Waals surface area contributed by atoms with Crippen molar-refractivity contribution in [2.45, 2.75) is 13.0 Å². The second-order valence-electron chi connectivity index (χ2n) is 4.48. The average molecular weight is 251 g/mol. The standard InChI is InChI=1S/C12H17N3O3/c1-8-3-4-9(14(8)2)11(16)15-6-5-13-7-10(15)12(17)18/h3-4,10,13H,5-7H2,1-2H3,(H,17,18). The zero-order valence-corrected chi connectivity index (χ0v) is 10.5. The van der Waals surface area contributed by atoms with Gasteiger partial charge in [-0.15, -0.1) is 0 Å². The molecule has 1 aromatic rings. The second kappa shape index (κ2) is 4.81. The maximum atomic E-state index is 12.4. The molecule has 98 valence electrons. The van der Waals surface area contributed by atoms with Crippen molar-refractivity contribution in [3.05, 3.63) is 23.5 Å². The third-order valence-corrected chi connectivity index (χ3v) is 3.38. The third kappa shape index (κ3) is 2.11. The minimum absolute atomic E-state index is 0.223. The molecule has 6 nitrogen and oxygen atoms in total. The number of carboxylic acids is 1. The first-order chi connectivity index (χ1) is 8.52.